The largest absolute Gasteiger partial charge is 0.433 e. The van der Waals surface area contributed by atoms with Crippen LogP contribution in [0.2, 0.25) is 0 Å². The Morgan fingerprint density at radius 3 is 2.81 bits per heavy atom. The van der Waals surface area contributed by atoms with Crippen LogP contribution in [0.5, 0.6) is 0 Å². The van der Waals surface area contributed by atoms with Crippen molar-refractivity contribution >= 4 is 52.5 Å². The van der Waals surface area contributed by atoms with Crippen molar-refractivity contribution < 1.29 is 19.3 Å². The maximum Gasteiger partial charge on any atom is 0.433 e. The zero-order valence-electron chi connectivity index (χ0n) is 17.3. The first-order valence-corrected chi connectivity index (χ1v) is 11.2. The predicted molar refractivity (Wildman–Crippen MR) is 122 cm³/mol. The normalized spacial score (nSPS) is 21.8. The first-order valence-electron chi connectivity index (χ1n) is 9.95. The highest BCUT2D eigenvalue weighted by Crippen LogP contribution is 2.42. The van der Waals surface area contributed by atoms with Gasteiger partial charge in [0.05, 0.1) is 10.8 Å². The van der Waals surface area contributed by atoms with Crippen molar-refractivity contribution in [3.8, 4) is 0 Å². The van der Waals surface area contributed by atoms with Gasteiger partial charge in [0.1, 0.15) is 10.7 Å². The number of furan rings is 1. The molecule has 2 fully saturated rings. The predicted octanol–water partition coefficient (Wildman–Crippen LogP) is 4.36. The van der Waals surface area contributed by atoms with Crippen LogP contribution in [-0.2, 0) is 0 Å². The molecule has 1 aromatic heterocycles. The summed E-state index contributed by atoms with van der Waals surface area (Å²) in [5, 5.41) is 30.6. The van der Waals surface area contributed by atoms with Crippen LogP contribution in [-0.4, -0.2) is 53.7 Å². The summed E-state index contributed by atoms with van der Waals surface area (Å²) in [4.78, 5) is 22.7. The van der Waals surface area contributed by atoms with E-state index in [-0.39, 0.29) is 11.9 Å². The summed E-state index contributed by atoms with van der Waals surface area (Å²) in [5.41, 5.74) is 0. The minimum atomic E-state index is -0.803. The van der Waals surface area contributed by atoms with Crippen LogP contribution >= 0.6 is 24.0 Å². The van der Waals surface area contributed by atoms with Gasteiger partial charge < -0.3 is 9.73 Å². The SMILES string of the molecule is CC1(C)SC(=S)N(N=CC=Cc2ccc([N+](=O)[O-])o2)C1N(O)C(=O)NC1CCCCC1. The van der Waals surface area contributed by atoms with E-state index in [1.807, 2.05) is 13.8 Å². The van der Waals surface area contributed by atoms with Crippen molar-refractivity contribution in [2.75, 3.05) is 0 Å². The molecule has 10 nitrogen and oxygen atoms in total. The second-order valence-electron chi connectivity index (χ2n) is 7.88. The molecule has 0 spiro atoms. The second-order valence-corrected chi connectivity index (χ2v) is 10.2. The highest BCUT2D eigenvalue weighted by molar-refractivity contribution is 8.24. The smallest absolute Gasteiger partial charge is 0.401 e. The molecule has 168 valence electrons. The molecule has 2 amide bonds. The number of rotatable bonds is 6. The molecule has 0 bridgehead atoms. The maximum atomic E-state index is 12.7. The Morgan fingerprint density at radius 2 is 2.16 bits per heavy atom. The van der Waals surface area contributed by atoms with Crippen molar-refractivity contribution in [2.24, 2.45) is 5.10 Å². The zero-order chi connectivity index (χ0) is 22.6. The summed E-state index contributed by atoms with van der Waals surface area (Å²) in [6, 6.07) is 2.21. The van der Waals surface area contributed by atoms with E-state index in [2.05, 4.69) is 10.4 Å². The number of thioether (sulfide) groups is 1. The van der Waals surface area contributed by atoms with E-state index in [1.54, 1.807) is 0 Å². The minimum absolute atomic E-state index is 0.0530. The van der Waals surface area contributed by atoms with Crippen molar-refractivity contribution in [1.82, 2.24) is 15.4 Å². The van der Waals surface area contributed by atoms with Gasteiger partial charge in [-0.3, -0.25) is 15.3 Å². The molecule has 1 aliphatic carbocycles. The highest BCUT2D eigenvalue weighted by atomic mass is 32.2. The molecule has 2 aliphatic rings. The molecule has 1 atom stereocenters. The number of thiocarbonyl (C=S) groups is 1. The fourth-order valence-electron chi connectivity index (χ4n) is 3.60. The molecule has 2 N–H and O–H groups in total. The minimum Gasteiger partial charge on any atom is -0.401 e. The van der Waals surface area contributed by atoms with Crippen molar-refractivity contribution in [2.45, 2.75) is 62.9 Å². The standard InChI is InChI=1S/C19H25N5O5S2/c1-19(2)16(23(26)17(25)21-13-7-4-3-5-8-13)22(18(30)31-19)20-12-6-9-14-10-11-15(29-14)24(27)28/h6,9-13,16,26H,3-5,7-8H2,1-2H3,(H,21,25). The molecule has 1 aliphatic heterocycles. The maximum absolute atomic E-state index is 12.7. The number of nitrogens with one attached hydrogen (secondary N) is 1. The number of nitro groups is 1. The van der Waals surface area contributed by atoms with Crippen LogP contribution in [0.1, 0.15) is 51.7 Å². The van der Waals surface area contributed by atoms with Gasteiger partial charge in [0, 0.05) is 12.3 Å². The van der Waals surface area contributed by atoms with Crippen LogP contribution in [0.25, 0.3) is 6.08 Å². The quantitative estimate of drug-likeness (QED) is 0.208. The second kappa shape index (κ2) is 9.79. The Bertz CT molecular complexity index is 894. The molecule has 2 heterocycles. The van der Waals surface area contributed by atoms with E-state index in [1.165, 1.54) is 47.3 Å². The van der Waals surface area contributed by atoms with Crippen LogP contribution in [0.15, 0.2) is 27.7 Å². The van der Waals surface area contributed by atoms with E-state index in [9.17, 15) is 20.1 Å². The van der Waals surface area contributed by atoms with Gasteiger partial charge in [0.15, 0.2) is 10.5 Å². The zero-order valence-corrected chi connectivity index (χ0v) is 18.9. The monoisotopic (exact) mass is 467 g/mol. The van der Waals surface area contributed by atoms with E-state index in [0.29, 0.717) is 15.1 Å². The average Bonchev–Trinajstić information content (AvgIpc) is 3.27. The summed E-state index contributed by atoms with van der Waals surface area (Å²) in [5.74, 6) is -0.0560. The lowest BCUT2D eigenvalue weighted by atomic mass is 9.96. The van der Waals surface area contributed by atoms with E-state index in [4.69, 9.17) is 16.6 Å². The topological polar surface area (TPSA) is 124 Å². The highest BCUT2D eigenvalue weighted by Gasteiger charge is 2.50. The number of hydroxylamine groups is 2. The molecular formula is C19H25N5O5S2. The Kier molecular flexibility index (Phi) is 7.34. The summed E-state index contributed by atoms with van der Waals surface area (Å²) in [6.45, 7) is 3.75. The van der Waals surface area contributed by atoms with Gasteiger partial charge in [-0.1, -0.05) is 43.2 Å². The number of urea groups is 1. The first kappa shape index (κ1) is 23.2. The number of hydrogen-bond donors (Lipinski definition) is 2. The van der Waals surface area contributed by atoms with Gasteiger partial charge in [0.2, 0.25) is 0 Å². The Morgan fingerprint density at radius 1 is 1.45 bits per heavy atom. The molecule has 0 aromatic carbocycles. The van der Waals surface area contributed by atoms with Gasteiger partial charge >= 0.3 is 11.9 Å². The van der Waals surface area contributed by atoms with Crippen molar-refractivity contribution in [1.29, 1.82) is 0 Å². The number of allylic oxidation sites excluding steroid dienone is 1. The summed E-state index contributed by atoms with van der Waals surface area (Å²) in [7, 11) is 0. The molecule has 31 heavy (non-hydrogen) atoms. The van der Waals surface area contributed by atoms with Crippen LogP contribution in [0, 0.1) is 10.1 Å². The molecule has 1 unspecified atom stereocenters. The Labute approximate surface area is 189 Å². The van der Waals surface area contributed by atoms with Crippen molar-refractivity contribution in [3.63, 3.8) is 0 Å². The molecular weight excluding hydrogens is 442 g/mol. The lowest BCUT2D eigenvalue weighted by Gasteiger charge is -2.35. The molecule has 12 heteroatoms. The number of amides is 2. The summed E-state index contributed by atoms with van der Waals surface area (Å²) < 4.78 is 4.86. The summed E-state index contributed by atoms with van der Waals surface area (Å²) in [6.07, 6.45) is 8.75. The van der Waals surface area contributed by atoms with E-state index < -0.39 is 21.9 Å². The molecule has 0 radical (unpaired) electrons. The number of hydrogen-bond acceptors (Lipinski definition) is 8. The number of nitrogens with zero attached hydrogens (tertiary/aromatic N) is 4. The van der Waals surface area contributed by atoms with Gasteiger partial charge in [0.25, 0.3) is 0 Å². The fourth-order valence-corrected chi connectivity index (χ4v) is 5.39. The Hall–Kier alpha value is -2.44. The van der Waals surface area contributed by atoms with Gasteiger partial charge in [-0.2, -0.15) is 10.2 Å². The number of hydrazone groups is 1. The molecule has 3 rings (SSSR count). The summed E-state index contributed by atoms with van der Waals surface area (Å²) >= 11 is 6.73. The number of carbonyl (C=O) groups excluding carboxylic acids is 1. The van der Waals surface area contributed by atoms with Crippen LogP contribution in [0.3, 0.4) is 0 Å². The van der Waals surface area contributed by atoms with Crippen molar-refractivity contribution in [3.05, 3.63) is 34.1 Å². The molecule has 1 aromatic rings. The first-order chi connectivity index (χ1) is 14.7. The average molecular weight is 468 g/mol. The molecule has 1 saturated carbocycles. The third kappa shape index (κ3) is 5.63. The fraction of sp³-hybridized carbons (Fsp3) is 0.526. The van der Waals surface area contributed by atoms with E-state index in [0.717, 1.165) is 32.1 Å². The lowest BCUT2D eigenvalue weighted by molar-refractivity contribution is -0.402. The van der Waals surface area contributed by atoms with Gasteiger partial charge in [-0.25, -0.2) is 9.80 Å². The third-order valence-corrected chi connectivity index (χ3v) is 6.63. The number of carbonyl (C=O) groups is 1. The van der Waals surface area contributed by atoms with Crippen LogP contribution in [0.4, 0.5) is 10.7 Å². The molecule has 1 saturated heterocycles. The lowest BCUT2D eigenvalue weighted by Crippen LogP contribution is -2.57. The van der Waals surface area contributed by atoms with Gasteiger partial charge in [-0.15, -0.1) is 0 Å². The van der Waals surface area contributed by atoms with Crippen LogP contribution < -0.4 is 5.32 Å². The third-order valence-electron chi connectivity index (χ3n) is 5.09. The van der Waals surface area contributed by atoms with Gasteiger partial charge in [-0.05, 0) is 44.9 Å². The van der Waals surface area contributed by atoms with E-state index >= 15 is 0 Å². The Balaban J connectivity index is 1.68.